The monoisotopic (exact) mass is 255 g/mol. The predicted molar refractivity (Wildman–Crippen MR) is 69.3 cm³/mol. The molecule has 0 amide bonds. The highest BCUT2D eigenvalue weighted by Gasteiger charge is 2.16. The molecule has 1 aromatic carbocycles. The average molecular weight is 255 g/mol. The number of rotatable bonds is 6. The van der Waals surface area contributed by atoms with E-state index in [1.54, 1.807) is 0 Å². The van der Waals surface area contributed by atoms with E-state index in [4.69, 9.17) is 0 Å². The van der Waals surface area contributed by atoms with E-state index in [-0.39, 0.29) is 17.4 Å². The molecule has 0 aliphatic heterocycles. The van der Waals surface area contributed by atoms with Crippen LogP contribution in [0.25, 0.3) is 0 Å². The number of hydrogen-bond acceptors (Lipinski definition) is 4. The number of nitrogens with zero attached hydrogens (tertiary/aromatic N) is 2. The zero-order valence-corrected chi connectivity index (χ0v) is 10.8. The SMILES string of the molecule is CC(CCN(C)C)Nc1cc(F)ccc1[N+](=O)[O-]. The lowest BCUT2D eigenvalue weighted by atomic mass is 10.2. The summed E-state index contributed by atoms with van der Waals surface area (Å²) >= 11 is 0. The van der Waals surface area contributed by atoms with E-state index < -0.39 is 10.7 Å². The third kappa shape index (κ3) is 4.29. The van der Waals surface area contributed by atoms with Crippen LogP contribution in [0.5, 0.6) is 0 Å². The van der Waals surface area contributed by atoms with Crippen molar-refractivity contribution in [2.45, 2.75) is 19.4 Å². The molecule has 0 bridgehead atoms. The first-order valence-corrected chi connectivity index (χ1v) is 5.75. The van der Waals surface area contributed by atoms with E-state index in [0.717, 1.165) is 25.1 Å². The van der Waals surface area contributed by atoms with Crippen LogP contribution < -0.4 is 5.32 Å². The number of anilines is 1. The molecule has 6 heteroatoms. The van der Waals surface area contributed by atoms with Gasteiger partial charge in [-0.3, -0.25) is 10.1 Å². The second-order valence-electron chi connectivity index (χ2n) is 4.56. The van der Waals surface area contributed by atoms with Gasteiger partial charge in [0.15, 0.2) is 0 Å². The number of halogens is 1. The maximum absolute atomic E-state index is 13.1. The molecular formula is C12H18FN3O2. The summed E-state index contributed by atoms with van der Waals surface area (Å²) in [5.41, 5.74) is 0.124. The Labute approximate surface area is 106 Å². The molecule has 0 heterocycles. The van der Waals surface area contributed by atoms with Gasteiger partial charge < -0.3 is 10.2 Å². The Morgan fingerprint density at radius 1 is 1.50 bits per heavy atom. The molecule has 0 saturated carbocycles. The van der Waals surface area contributed by atoms with Gasteiger partial charge in [-0.2, -0.15) is 0 Å². The number of nitro groups is 1. The number of benzene rings is 1. The van der Waals surface area contributed by atoms with Crippen molar-refractivity contribution in [2.75, 3.05) is 26.0 Å². The molecule has 18 heavy (non-hydrogen) atoms. The fourth-order valence-corrected chi connectivity index (χ4v) is 1.57. The molecule has 1 rings (SSSR count). The lowest BCUT2D eigenvalue weighted by Gasteiger charge is -2.17. The Balaban J connectivity index is 2.76. The minimum absolute atomic E-state index is 0.0351. The third-order valence-electron chi connectivity index (χ3n) is 2.57. The highest BCUT2D eigenvalue weighted by atomic mass is 19.1. The molecule has 100 valence electrons. The van der Waals surface area contributed by atoms with Crippen LogP contribution >= 0.6 is 0 Å². The van der Waals surface area contributed by atoms with E-state index in [0.29, 0.717) is 0 Å². The van der Waals surface area contributed by atoms with Crippen molar-refractivity contribution in [1.29, 1.82) is 0 Å². The summed E-state index contributed by atoms with van der Waals surface area (Å²) < 4.78 is 13.1. The molecule has 0 spiro atoms. The van der Waals surface area contributed by atoms with Crippen LogP contribution in [0.4, 0.5) is 15.8 Å². The largest absolute Gasteiger partial charge is 0.377 e. The van der Waals surface area contributed by atoms with Crippen LogP contribution in [0.15, 0.2) is 18.2 Å². The molecule has 1 atom stereocenters. The first-order valence-electron chi connectivity index (χ1n) is 5.75. The standard InChI is InChI=1S/C12H18FN3O2/c1-9(6-7-15(2)3)14-11-8-10(13)4-5-12(11)16(17)18/h4-5,8-9,14H,6-7H2,1-3H3. The highest BCUT2D eigenvalue weighted by Crippen LogP contribution is 2.25. The van der Waals surface area contributed by atoms with E-state index >= 15 is 0 Å². The topological polar surface area (TPSA) is 58.4 Å². The van der Waals surface area contributed by atoms with Crippen LogP contribution in [0.1, 0.15) is 13.3 Å². The van der Waals surface area contributed by atoms with Gasteiger partial charge in [-0.15, -0.1) is 0 Å². The van der Waals surface area contributed by atoms with Crippen LogP contribution in [-0.4, -0.2) is 36.5 Å². The van der Waals surface area contributed by atoms with Gasteiger partial charge in [0.25, 0.3) is 5.69 Å². The zero-order valence-electron chi connectivity index (χ0n) is 10.8. The van der Waals surface area contributed by atoms with Crippen molar-refractivity contribution in [3.63, 3.8) is 0 Å². The van der Waals surface area contributed by atoms with Crippen molar-refractivity contribution in [3.8, 4) is 0 Å². The maximum atomic E-state index is 13.1. The van der Waals surface area contributed by atoms with Gasteiger partial charge >= 0.3 is 0 Å². The smallest absolute Gasteiger partial charge is 0.292 e. The van der Waals surface area contributed by atoms with Crippen molar-refractivity contribution in [3.05, 3.63) is 34.1 Å². The Morgan fingerprint density at radius 2 is 2.17 bits per heavy atom. The zero-order chi connectivity index (χ0) is 13.7. The molecule has 5 nitrogen and oxygen atoms in total. The Morgan fingerprint density at radius 3 is 2.72 bits per heavy atom. The molecule has 1 N–H and O–H groups in total. The van der Waals surface area contributed by atoms with Crippen LogP contribution in [0.3, 0.4) is 0 Å². The van der Waals surface area contributed by atoms with Gasteiger partial charge in [-0.05, 0) is 40.1 Å². The molecule has 1 unspecified atom stereocenters. The summed E-state index contributed by atoms with van der Waals surface area (Å²) in [7, 11) is 3.91. The van der Waals surface area contributed by atoms with Gasteiger partial charge in [0.05, 0.1) is 4.92 Å². The third-order valence-corrected chi connectivity index (χ3v) is 2.57. The van der Waals surface area contributed by atoms with Gasteiger partial charge in [0.2, 0.25) is 0 Å². The van der Waals surface area contributed by atoms with Gasteiger partial charge in [0.1, 0.15) is 11.5 Å². The van der Waals surface area contributed by atoms with E-state index in [1.807, 2.05) is 25.9 Å². The molecule has 0 saturated heterocycles. The highest BCUT2D eigenvalue weighted by molar-refractivity contribution is 5.61. The lowest BCUT2D eigenvalue weighted by Crippen LogP contribution is -2.23. The first-order chi connectivity index (χ1) is 8.40. The number of hydrogen-bond donors (Lipinski definition) is 1. The van der Waals surface area contributed by atoms with Gasteiger partial charge in [-0.25, -0.2) is 4.39 Å². The first kappa shape index (κ1) is 14.4. The fraction of sp³-hybridized carbons (Fsp3) is 0.500. The van der Waals surface area contributed by atoms with E-state index in [9.17, 15) is 14.5 Å². The maximum Gasteiger partial charge on any atom is 0.292 e. The molecule has 1 aromatic rings. The minimum Gasteiger partial charge on any atom is -0.377 e. The fourth-order valence-electron chi connectivity index (χ4n) is 1.57. The Hall–Kier alpha value is -1.69. The molecule has 0 fully saturated rings. The van der Waals surface area contributed by atoms with Crippen molar-refractivity contribution in [1.82, 2.24) is 4.90 Å². The predicted octanol–water partition coefficient (Wildman–Crippen LogP) is 2.49. The summed E-state index contributed by atoms with van der Waals surface area (Å²) in [5, 5.41) is 13.8. The average Bonchev–Trinajstić information content (AvgIpc) is 2.26. The second-order valence-corrected chi connectivity index (χ2v) is 4.56. The van der Waals surface area contributed by atoms with Crippen LogP contribution in [-0.2, 0) is 0 Å². The molecule has 0 aliphatic rings. The molecule has 0 aliphatic carbocycles. The summed E-state index contributed by atoms with van der Waals surface area (Å²) in [6, 6.07) is 3.46. The Bertz CT molecular complexity index is 424. The molecular weight excluding hydrogens is 237 g/mol. The van der Waals surface area contributed by atoms with Crippen molar-refractivity contribution >= 4 is 11.4 Å². The van der Waals surface area contributed by atoms with Crippen molar-refractivity contribution < 1.29 is 9.31 Å². The number of nitro benzene ring substituents is 1. The van der Waals surface area contributed by atoms with E-state index in [2.05, 4.69) is 5.32 Å². The Kier molecular flexibility index (Phi) is 5.03. The molecule has 0 aromatic heterocycles. The van der Waals surface area contributed by atoms with Crippen molar-refractivity contribution in [2.24, 2.45) is 0 Å². The molecule has 0 radical (unpaired) electrons. The quantitative estimate of drug-likeness (QED) is 0.626. The summed E-state index contributed by atoms with van der Waals surface area (Å²) in [6.07, 6.45) is 0.820. The summed E-state index contributed by atoms with van der Waals surface area (Å²) in [4.78, 5) is 12.3. The van der Waals surface area contributed by atoms with Crippen LogP contribution in [0.2, 0.25) is 0 Å². The number of nitrogens with one attached hydrogen (secondary N) is 1. The van der Waals surface area contributed by atoms with E-state index in [1.165, 1.54) is 6.07 Å². The second kappa shape index (κ2) is 6.30. The summed E-state index contributed by atoms with van der Waals surface area (Å²) in [6.45, 7) is 2.77. The normalized spacial score (nSPS) is 12.5. The van der Waals surface area contributed by atoms with Gasteiger partial charge in [-0.1, -0.05) is 0 Å². The minimum atomic E-state index is -0.513. The lowest BCUT2D eigenvalue weighted by molar-refractivity contribution is -0.384. The summed E-state index contributed by atoms with van der Waals surface area (Å²) in [5.74, 6) is -0.483. The van der Waals surface area contributed by atoms with Crippen LogP contribution in [0, 0.1) is 15.9 Å². The van der Waals surface area contributed by atoms with Gasteiger partial charge in [0, 0.05) is 18.2 Å².